The third-order valence-electron chi connectivity index (χ3n) is 4.33. The second-order valence-electron chi connectivity index (χ2n) is 5.99. The fourth-order valence-electron chi connectivity index (χ4n) is 3.18. The molecule has 108 valence electrons. The molecule has 3 rings (SSSR count). The Morgan fingerprint density at radius 2 is 2.25 bits per heavy atom. The second-order valence-corrected chi connectivity index (χ2v) is 5.99. The lowest BCUT2D eigenvalue weighted by Crippen LogP contribution is -2.55. The molecule has 0 radical (unpaired) electrons. The molecular weight excluding hydrogens is 252 g/mol. The minimum Gasteiger partial charge on any atom is -0.365 e. The Kier molecular flexibility index (Phi) is 3.38. The summed E-state index contributed by atoms with van der Waals surface area (Å²) in [5.41, 5.74) is 8.48. The highest BCUT2D eigenvalue weighted by Crippen LogP contribution is 2.29. The molecule has 1 aromatic heterocycles. The minimum atomic E-state index is -0.374. The summed E-state index contributed by atoms with van der Waals surface area (Å²) >= 11 is 0. The van der Waals surface area contributed by atoms with Crippen LogP contribution in [0.15, 0.2) is 6.07 Å². The number of piperazine rings is 1. The number of nitrogens with one attached hydrogen (secondary N) is 1. The summed E-state index contributed by atoms with van der Waals surface area (Å²) in [4.78, 5) is 18.8. The van der Waals surface area contributed by atoms with Crippen molar-refractivity contribution in [1.29, 1.82) is 0 Å². The van der Waals surface area contributed by atoms with Gasteiger partial charge in [0.2, 0.25) is 0 Å². The van der Waals surface area contributed by atoms with Gasteiger partial charge in [-0.15, -0.1) is 0 Å². The molecule has 0 spiro atoms. The monoisotopic (exact) mass is 274 g/mol. The number of anilines is 1. The zero-order valence-corrected chi connectivity index (χ0v) is 12.1. The average molecular weight is 274 g/mol. The lowest BCUT2D eigenvalue weighted by atomic mass is 10.1. The Balaban J connectivity index is 2.04. The number of carbonyl (C=O) groups is 1. The molecule has 2 unspecified atom stereocenters. The molecule has 0 aromatic carbocycles. The van der Waals surface area contributed by atoms with Crippen LogP contribution >= 0.6 is 0 Å². The SMILES string of the molecule is CC1CN(c2nc3c(cc2C(N)=O)CCC3)C(C)CN1. The summed E-state index contributed by atoms with van der Waals surface area (Å²) in [6.07, 6.45) is 3.14. The van der Waals surface area contributed by atoms with Gasteiger partial charge in [-0.3, -0.25) is 4.79 Å². The predicted octanol–water partition coefficient (Wildman–Crippen LogP) is 0.856. The molecule has 0 bridgehead atoms. The van der Waals surface area contributed by atoms with E-state index in [1.54, 1.807) is 0 Å². The van der Waals surface area contributed by atoms with Crippen LogP contribution in [-0.2, 0) is 12.8 Å². The van der Waals surface area contributed by atoms with Gasteiger partial charge in [0.05, 0.1) is 5.56 Å². The maximum atomic E-state index is 11.8. The molecule has 1 aliphatic carbocycles. The average Bonchev–Trinajstić information content (AvgIpc) is 2.87. The van der Waals surface area contributed by atoms with Gasteiger partial charge in [0.1, 0.15) is 5.82 Å². The number of amides is 1. The molecule has 1 aromatic rings. The summed E-state index contributed by atoms with van der Waals surface area (Å²) in [5.74, 6) is 0.402. The third kappa shape index (κ3) is 2.26. The van der Waals surface area contributed by atoms with Crippen LogP contribution < -0.4 is 16.0 Å². The number of hydrogen-bond acceptors (Lipinski definition) is 4. The van der Waals surface area contributed by atoms with E-state index in [4.69, 9.17) is 10.7 Å². The highest BCUT2D eigenvalue weighted by Gasteiger charge is 2.28. The van der Waals surface area contributed by atoms with E-state index in [-0.39, 0.29) is 5.91 Å². The first kappa shape index (κ1) is 13.4. The summed E-state index contributed by atoms with van der Waals surface area (Å²) in [5, 5.41) is 3.45. The van der Waals surface area contributed by atoms with E-state index in [2.05, 4.69) is 24.1 Å². The number of fused-ring (bicyclic) bond motifs is 1. The van der Waals surface area contributed by atoms with Crippen LogP contribution in [-0.4, -0.2) is 36.1 Å². The molecule has 1 fully saturated rings. The number of nitrogens with zero attached hydrogens (tertiary/aromatic N) is 2. The highest BCUT2D eigenvalue weighted by atomic mass is 16.1. The van der Waals surface area contributed by atoms with Gasteiger partial charge in [0, 0.05) is 30.9 Å². The van der Waals surface area contributed by atoms with Gasteiger partial charge < -0.3 is 16.0 Å². The van der Waals surface area contributed by atoms with Gasteiger partial charge in [-0.1, -0.05) is 0 Å². The van der Waals surface area contributed by atoms with E-state index in [0.29, 0.717) is 17.6 Å². The van der Waals surface area contributed by atoms with Gasteiger partial charge >= 0.3 is 0 Å². The van der Waals surface area contributed by atoms with Crippen molar-refractivity contribution in [2.75, 3.05) is 18.0 Å². The quantitative estimate of drug-likeness (QED) is 0.839. The standard InChI is InChI=1S/C15H22N4O/c1-9-8-19(10(2)7-17-9)15-12(14(16)20)6-11-4-3-5-13(11)18-15/h6,9-10,17H,3-5,7-8H2,1-2H3,(H2,16,20). The van der Waals surface area contributed by atoms with Gasteiger partial charge in [0.25, 0.3) is 5.91 Å². The van der Waals surface area contributed by atoms with Crippen LogP contribution in [0.4, 0.5) is 5.82 Å². The van der Waals surface area contributed by atoms with E-state index in [9.17, 15) is 4.79 Å². The molecule has 0 saturated carbocycles. The highest BCUT2D eigenvalue weighted by molar-refractivity contribution is 5.98. The lowest BCUT2D eigenvalue weighted by molar-refractivity contribution is 0.1000. The Morgan fingerprint density at radius 3 is 3.00 bits per heavy atom. The molecule has 20 heavy (non-hydrogen) atoms. The first-order chi connectivity index (χ1) is 9.56. The van der Waals surface area contributed by atoms with Gasteiger partial charge in [-0.05, 0) is 44.7 Å². The van der Waals surface area contributed by atoms with E-state index in [1.165, 1.54) is 5.56 Å². The van der Waals surface area contributed by atoms with Crippen molar-refractivity contribution in [2.45, 2.75) is 45.2 Å². The molecular formula is C15H22N4O. The molecule has 1 saturated heterocycles. The number of nitrogens with two attached hydrogens (primary N) is 1. The fraction of sp³-hybridized carbons (Fsp3) is 0.600. The van der Waals surface area contributed by atoms with Crippen molar-refractivity contribution in [3.05, 3.63) is 22.9 Å². The number of pyridine rings is 1. The molecule has 1 amide bonds. The number of primary amides is 1. The maximum absolute atomic E-state index is 11.8. The van der Waals surface area contributed by atoms with E-state index < -0.39 is 0 Å². The number of carbonyl (C=O) groups excluding carboxylic acids is 1. The van der Waals surface area contributed by atoms with Crippen molar-refractivity contribution in [1.82, 2.24) is 10.3 Å². The summed E-state index contributed by atoms with van der Waals surface area (Å²) in [7, 11) is 0. The van der Waals surface area contributed by atoms with Crippen molar-refractivity contribution in [2.24, 2.45) is 5.73 Å². The van der Waals surface area contributed by atoms with Crippen molar-refractivity contribution < 1.29 is 4.79 Å². The Morgan fingerprint density at radius 1 is 1.45 bits per heavy atom. The van der Waals surface area contributed by atoms with Gasteiger partial charge in [0.15, 0.2) is 0 Å². The molecule has 1 aliphatic heterocycles. The summed E-state index contributed by atoms with van der Waals surface area (Å²) in [6.45, 7) is 6.06. The third-order valence-corrected chi connectivity index (χ3v) is 4.33. The first-order valence-corrected chi connectivity index (χ1v) is 7.39. The van der Waals surface area contributed by atoms with Crippen LogP contribution in [0.1, 0.15) is 41.9 Å². The molecule has 5 heteroatoms. The van der Waals surface area contributed by atoms with Crippen LogP contribution in [0, 0.1) is 0 Å². The van der Waals surface area contributed by atoms with Crippen LogP contribution in [0.25, 0.3) is 0 Å². The largest absolute Gasteiger partial charge is 0.365 e. The van der Waals surface area contributed by atoms with Gasteiger partial charge in [-0.25, -0.2) is 4.98 Å². The minimum absolute atomic E-state index is 0.316. The number of rotatable bonds is 2. The fourth-order valence-corrected chi connectivity index (χ4v) is 3.18. The lowest BCUT2D eigenvalue weighted by Gasteiger charge is -2.39. The summed E-state index contributed by atoms with van der Waals surface area (Å²) < 4.78 is 0. The van der Waals surface area contributed by atoms with Crippen molar-refractivity contribution >= 4 is 11.7 Å². The molecule has 2 heterocycles. The summed E-state index contributed by atoms with van der Waals surface area (Å²) in [6, 6.07) is 2.67. The smallest absolute Gasteiger partial charge is 0.252 e. The van der Waals surface area contributed by atoms with E-state index >= 15 is 0 Å². The molecule has 5 nitrogen and oxygen atoms in total. The van der Waals surface area contributed by atoms with E-state index in [0.717, 1.165) is 43.9 Å². The number of aromatic nitrogens is 1. The molecule has 2 atom stereocenters. The topological polar surface area (TPSA) is 71.2 Å². The van der Waals surface area contributed by atoms with Crippen LogP contribution in [0.5, 0.6) is 0 Å². The van der Waals surface area contributed by atoms with E-state index in [1.807, 2.05) is 6.07 Å². The molecule has 2 aliphatic rings. The number of aryl methyl sites for hydroxylation is 2. The van der Waals surface area contributed by atoms with Crippen molar-refractivity contribution in [3.8, 4) is 0 Å². The van der Waals surface area contributed by atoms with Crippen LogP contribution in [0.2, 0.25) is 0 Å². The zero-order valence-electron chi connectivity index (χ0n) is 12.1. The normalized spacial score (nSPS) is 25.6. The Labute approximate surface area is 119 Å². The van der Waals surface area contributed by atoms with Gasteiger partial charge in [-0.2, -0.15) is 0 Å². The zero-order chi connectivity index (χ0) is 14.3. The predicted molar refractivity (Wildman–Crippen MR) is 79.1 cm³/mol. The first-order valence-electron chi connectivity index (χ1n) is 7.39. The number of hydrogen-bond donors (Lipinski definition) is 2. The second kappa shape index (κ2) is 5.05. The maximum Gasteiger partial charge on any atom is 0.252 e. The molecule has 3 N–H and O–H groups in total. The Hall–Kier alpha value is -1.62. The van der Waals surface area contributed by atoms with Crippen LogP contribution in [0.3, 0.4) is 0 Å². The Bertz CT molecular complexity index is 543. The van der Waals surface area contributed by atoms with Crippen molar-refractivity contribution in [3.63, 3.8) is 0 Å².